The van der Waals surface area contributed by atoms with Crippen LogP contribution in [0.5, 0.6) is 0 Å². The number of hydrogen-bond donors (Lipinski definition) is 1. The Morgan fingerprint density at radius 3 is 2.63 bits per heavy atom. The van der Waals surface area contributed by atoms with Gasteiger partial charge in [0.15, 0.2) is 0 Å². The first-order valence-corrected chi connectivity index (χ1v) is 7.81. The van der Waals surface area contributed by atoms with E-state index in [4.69, 9.17) is 0 Å². The van der Waals surface area contributed by atoms with Crippen LogP contribution < -0.4 is 5.32 Å². The Labute approximate surface area is 130 Å². The topological polar surface area (TPSA) is 29.9 Å². The van der Waals surface area contributed by atoms with Crippen molar-refractivity contribution in [3.05, 3.63) is 44.1 Å². The van der Waals surface area contributed by atoms with E-state index in [9.17, 15) is 0 Å². The molecule has 102 valence electrons. The molecule has 0 spiro atoms. The second-order valence-corrected chi connectivity index (χ2v) is 6.21. The highest BCUT2D eigenvalue weighted by molar-refractivity contribution is 9.10. The minimum absolute atomic E-state index is 0.757. The molecule has 1 aromatic heterocycles. The molecule has 0 aliphatic rings. The molecule has 0 aliphatic heterocycles. The smallest absolute Gasteiger partial charge is 0.0767 e. The molecule has 0 aliphatic carbocycles. The van der Waals surface area contributed by atoms with E-state index in [0.717, 1.165) is 33.3 Å². The number of nitrogens with one attached hydrogen (secondary N) is 1. The Balaban J connectivity index is 2.16. The molecule has 1 heterocycles. The van der Waals surface area contributed by atoms with Crippen molar-refractivity contribution >= 4 is 37.5 Å². The summed E-state index contributed by atoms with van der Waals surface area (Å²) < 4.78 is 4.15. The van der Waals surface area contributed by atoms with E-state index in [2.05, 4.69) is 68.3 Å². The fourth-order valence-corrected chi connectivity index (χ4v) is 3.25. The number of anilines is 1. The van der Waals surface area contributed by atoms with Crippen LogP contribution in [0.15, 0.2) is 27.1 Å². The fraction of sp³-hybridized carbons (Fsp3) is 0.357. The van der Waals surface area contributed by atoms with Gasteiger partial charge in [0.2, 0.25) is 0 Å². The summed E-state index contributed by atoms with van der Waals surface area (Å²) in [5, 5.41) is 7.96. The number of hydrogen-bond acceptors (Lipinski definition) is 2. The largest absolute Gasteiger partial charge is 0.379 e. The van der Waals surface area contributed by atoms with E-state index in [1.54, 1.807) is 0 Å². The van der Waals surface area contributed by atoms with Crippen LogP contribution in [0.25, 0.3) is 0 Å². The van der Waals surface area contributed by atoms with Crippen LogP contribution >= 0.6 is 31.9 Å². The maximum absolute atomic E-state index is 4.50. The van der Waals surface area contributed by atoms with E-state index >= 15 is 0 Å². The monoisotopic (exact) mass is 385 g/mol. The first-order valence-electron chi connectivity index (χ1n) is 6.23. The zero-order valence-corrected chi connectivity index (χ0v) is 14.5. The van der Waals surface area contributed by atoms with Gasteiger partial charge in [-0.15, -0.1) is 0 Å². The molecule has 19 heavy (non-hydrogen) atoms. The lowest BCUT2D eigenvalue weighted by atomic mass is 10.2. The van der Waals surface area contributed by atoms with Crippen molar-refractivity contribution in [2.45, 2.75) is 26.8 Å². The lowest BCUT2D eigenvalue weighted by molar-refractivity contribution is 0.706. The molecule has 0 saturated heterocycles. The zero-order chi connectivity index (χ0) is 14.0. The van der Waals surface area contributed by atoms with Gasteiger partial charge in [-0.1, -0.05) is 22.9 Å². The number of aromatic nitrogens is 2. The van der Waals surface area contributed by atoms with Gasteiger partial charge in [-0.2, -0.15) is 5.10 Å². The minimum Gasteiger partial charge on any atom is -0.379 e. The average Bonchev–Trinajstić information content (AvgIpc) is 2.64. The van der Waals surface area contributed by atoms with Crippen LogP contribution in [-0.2, 0) is 20.0 Å². The molecule has 0 amide bonds. The highest BCUT2D eigenvalue weighted by Gasteiger charge is 2.12. The van der Waals surface area contributed by atoms with Crippen LogP contribution in [0.2, 0.25) is 0 Å². The molecule has 0 radical (unpaired) electrons. The maximum atomic E-state index is 4.50. The predicted octanol–water partition coefficient (Wildman–Crippen LogP) is 4.43. The summed E-state index contributed by atoms with van der Waals surface area (Å²) in [6, 6.07) is 6.24. The average molecular weight is 387 g/mol. The lowest BCUT2D eigenvalue weighted by Gasteiger charge is -2.10. The van der Waals surface area contributed by atoms with Crippen molar-refractivity contribution in [2.75, 3.05) is 5.32 Å². The van der Waals surface area contributed by atoms with Crippen LogP contribution in [0.1, 0.15) is 23.9 Å². The second kappa shape index (κ2) is 6.09. The van der Waals surface area contributed by atoms with Crippen molar-refractivity contribution in [3.63, 3.8) is 0 Å². The molecular formula is C14H17Br2N3. The Morgan fingerprint density at radius 1 is 1.32 bits per heavy atom. The van der Waals surface area contributed by atoms with Crippen molar-refractivity contribution in [2.24, 2.45) is 7.05 Å². The Morgan fingerprint density at radius 2 is 2.05 bits per heavy atom. The fourth-order valence-electron chi connectivity index (χ4n) is 2.02. The zero-order valence-electron chi connectivity index (χ0n) is 11.3. The molecule has 5 heteroatoms. The van der Waals surface area contributed by atoms with E-state index in [1.165, 1.54) is 11.3 Å². The molecule has 1 aromatic carbocycles. The van der Waals surface area contributed by atoms with Gasteiger partial charge in [-0.3, -0.25) is 4.68 Å². The molecule has 0 saturated carbocycles. The van der Waals surface area contributed by atoms with Crippen LogP contribution in [0, 0.1) is 6.92 Å². The van der Waals surface area contributed by atoms with Crippen LogP contribution in [-0.4, -0.2) is 9.78 Å². The van der Waals surface area contributed by atoms with E-state index in [-0.39, 0.29) is 0 Å². The lowest BCUT2D eigenvalue weighted by Crippen LogP contribution is -2.06. The van der Waals surface area contributed by atoms with Crippen LogP contribution in [0.4, 0.5) is 5.69 Å². The van der Waals surface area contributed by atoms with Gasteiger partial charge < -0.3 is 5.32 Å². The van der Waals surface area contributed by atoms with E-state index in [1.807, 2.05) is 17.8 Å². The number of rotatable bonds is 4. The molecule has 1 N–H and O–H groups in total. The highest BCUT2D eigenvalue weighted by Crippen LogP contribution is 2.24. The van der Waals surface area contributed by atoms with Gasteiger partial charge in [0.1, 0.15) is 0 Å². The first-order chi connectivity index (χ1) is 9.02. The molecule has 0 bridgehead atoms. The van der Waals surface area contributed by atoms with E-state index < -0.39 is 0 Å². The molecular weight excluding hydrogens is 370 g/mol. The molecule has 2 aromatic rings. The Kier molecular flexibility index (Phi) is 4.68. The summed E-state index contributed by atoms with van der Waals surface area (Å²) in [5.74, 6) is 0. The molecule has 0 unspecified atom stereocenters. The van der Waals surface area contributed by atoms with Gasteiger partial charge in [-0.25, -0.2) is 0 Å². The molecule has 3 nitrogen and oxygen atoms in total. The van der Waals surface area contributed by atoms with E-state index in [0.29, 0.717) is 0 Å². The summed E-state index contributed by atoms with van der Waals surface area (Å²) >= 11 is 7.11. The van der Waals surface area contributed by atoms with Gasteiger partial charge in [0.25, 0.3) is 0 Å². The number of nitrogens with zero attached hydrogens (tertiary/aromatic N) is 2. The van der Waals surface area contributed by atoms with Crippen molar-refractivity contribution in [1.29, 1.82) is 0 Å². The Bertz CT molecular complexity index is 591. The normalized spacial score (nSPS) is 10.8. The third-order valence-electron chi connectivity index (χ3n) is 3.14. The second-order valence-electron chi connectivity index (χ2n) is 4.50. The maximum Gasteiger partial charge on any atom is 0.0767 e. The van der Waals surface area contributed by atoms with Gasteiger partial charge in [0.05, 0.1) is 22.4 Å². The highest BCUT2D eigenvalue weighted by atomic mass is 79.9. The summed E-state index contributed by atoms with van der Waals surface area (Å²) in [6.45, 7) is 4.97. The summed E-state index contributed by atoms with van der Waals surface area (Å²) in [7, 11) is 1.98. The van der Waals surface area contributed by atoms with Crippen molar-refractivity contribution in [1.82, 2.24) is 9.78 Å². The summed E-state index contributed by atoms with van der Waals surface area (Å²) in [5.41, 5.74) is 4.64. The quantitative estimate of drug-likeness (QED) is 0.842. The first kappa shape index (κ1) is 14.6. The third kappa shape index (κ3) is 3.20. The standard InChI is InChI=1S/C14H17Br2N3/c1-4-11-14(16)13(19(3)18-11)8-17-12-6-5-10(15)7-9(12)2/h5-7,17H,4,8H2,1-3H3. The molecule has 0 atom stereocenters. The Hall–Kier alpha value is -0.810. The minimum atomic E-state index is 0.757. The number of aryl methyl sites for hydroxylation is 3. The summed E-state index contributed by atoms with van der Waals surface area (Å²) in [4.78, 5) is 0. The van der Waals surface area contributed by atoms with Gasteiger partial charge in [0, 0.05) is 17.2 Å². The summed E-state index contributed by atoms with van der Waals surface area (Å²) in [6.07, 6.45) is 0.936. The van der Waals surface area contributed by atoms with Crippen molar-refractivity contribution in [3.8, 4) is 0 Å². The SMILES string of the molecule is CCc1nn(C)c(CNc2ccc(Br)cc2C)c1Br. The molecule has 2 rings (SSSR count). The third-order valence-corrected chi connectivity index (χ3v) is 4.55. The van der Waals surface area contributed by atoms with Gasteiger partial charge >= 0.3 is 0 Å². The van der Waals surface area contributed by atoms with Crippen molar-refractivity contribution < 1.29 is 0 Å². The van der Waals surface area contributed by atoms with Gasteiger partial charge in [-0.05, 0) is 53.0 Å². The molecule has 0 fully saturated rings. The number of halogens is 2. The van der Waals surface area contributed by atoms with Crippen LogP contribution in [0.3, 0.4) is 0 Å². The number of benzene rings is 1. The predicted molar refractivity (Wildman–Crippen MR) is 86.5 cm³/mol.